The summed E-state index contributed by atoms with van der Waals surface area (Å²) in [5, 5.41) is 2.77. The molecule has 1 amide bonds. The predicted molar refractivity (Wildman–Crippen MR) is 82.8 cm³/mol. The van der Waals surface area contributed by atoms with Crippen molar-refractivity contribution in [3.8, 4) is 0 Å². The monoisotopic (exact) mass is 293 g/mol. The Labute approximate surface area is 126 Å². The van der Waals surface area contributed by atoms with E-state index in [1.165, 1.54) is 0 Å². The fraction of sp³-hybridized carbons (Fsp3) is 0.688. The van der Waals surface area contributed by atoms with Gasteiger partial charge in [-0.2, -0.15) is 0 Å². The Balaban J connectivity index is 2.22. The largest absolute Gasteiger partial charge is 0.465 e. The van der Waals surface area contributed by atoms with Gasteiger partial charge in [-0.3, -0.25) is 9.69 Å². The number of hydrogen-bond acceptors (Lipinski definition) is 4. The third kappa shape index (κ3) is 3.14. The van der Waals surface area contributed by atoms with Crippen LogP contribution in [-0.4, -0.2) is 37.0 Å². The van der Waals surface area contributed by atoms with Crippen molar-refractivity contribution in [2.24, 2.45) is 11.1 Å². The number of rotatable bonds is 5. The number of nitrogens with two attached hydrogens (primary N) is 1. The first-order chi connectivity index (χ1) is 9.91. The second-order valence-corrected chi connectivity index (χ2v) is 6.33. The average Bonchev–Trinajstić information content (AvgIpc) is 3.06. The number of furan rings is 1. The van der Waals surface area contributed by atoms with Crippen molar-refractivity contribution in [3.63, 3.8) is 0 Å². The van der Waals surface area contributed by atoms with Gasteiger partial charge in [-0.05, 0) is 38.8 Å². The van der Waals surface area contributed by atoms with Crippen LogP contribution in [0, 0.1) is 12.3 Å². The number of carbonyl (C=O) groups is 1. The Hall–Kier alpha value is -1.33. The Morgan fingerprint density at radius 1 is 1.57 bits per heavy atom. The van der Waals surface area contributed by atoms with E-state index in [1.807, 2.05) is 26.0 Å². The van der Waals surface area contributed by atoms with E-state index in [2.05, 4.69) is 17.1 Å². The molecule has 5 nitrogen and oxygen atoms in total. The number of nitrogens with one attached hydrogen (secondary N) is 1. The van der Waals surface area contributed by atoms with Crippen molar-refractivity contribution in [3.05, 3.63) is 23.7 Å². The maximum Gasteiger partial charge on any atom is 0.227 e. The van der Waals surface area contributed by atoms with Gasteiger partial charge in [-0.15, -0.1) is 0 Å². The number of carbonyl (C=O) groups excluding carboxylic acids is 1. The van der Waals surface area contributed by atoms with Crippen LogP contribution in [-0.2, 0) is 4.79 Å². The van der Waals surface area contributed by atoms with Gasteiger partial charge in [0.25, 0.3) is 0 Å². The van der Waals surface area contributed by atoms with Crippen molar-refractivity contribution < 1.29 is 9.21 Å². The molecule has 21 heavy (non-hydrogen) atoms. The van der Waals surface area contributed by atoms with E-state index in [1.54, 1.807) is 7.05 Å². The maximum absolute atomic E-state index is 12.1. The van der Waals surface area contributed by atoms with Gasteiger partial charge in [-0.25, -0.2) is 0 Å². The minimum Gasteiger partial charge on any atom is -0.465 e. The van der Waals surface area contributed by atoms with Gasteiger partial charge in [0.2, 0.25) is 5.91 Å². The molecular weight excluding hydrogens is 266 g/mol. The molecule has 3 N–H and O–H groups in total. The molecule has 0 aliphatic carbocycles. The first-order valence-corrected chi connectivity index (χ1v) is 7.69. The maximum atomic E-state index is 12.1. The third-order valence-corrected chi connectivity index (χ3v) is 4.60. The van der Waals surface area contributed by atoms with Crippen molar-refractivity contribution in [1.29, 1.82) is 0 Å². The molecule has 0 aromatic carbocycles. The van der Waals surface area contributed by atoms with E-state index >= 15 is 0 Å². The van der Waals surface area contributed by atoms with Crippen LogP contribution in [0.4, 0.5) is 0 Å². The Morgan fingerprint density at radius 3 is 2.81 bits per heavy atom. The first kappa shape index (κ1) is 16.0. The normalized spacial score (nSPS) is 25.8. The molecule has 3 unspecified atom stereocenters. The summed E-state index contributed by atoms with van der Waals surface area (Å²) in [6.45, 7) is 7.62. The zero-order valence-electron chi connectivity index (χ0n) is 13.5. The third-order valence-electron chi connectivity index (χ3n) is 4.60. The van der Waals surface area contributed by atoms with E-state index in [4.69, 9.17) is 10.2 Å². The van der Waals surface area contributed by atoms with Crippen LogP contribution in [0.1, 0.15) is 44.3 Å². The molecule has 2 rings (SSSR count). The van der Waals surface area contributed by atoms with Gasteiger partial charge in [0.15, 0.2) is 0 Å². The van der Waals surface area contributed by atoms with Gasteiger partial charge < -0.3 is 15.5 Å². The molecule has 3 atom stereocenters. The molecule has 0 saturated carbocycles. The SMILES string of the molecule is CCC(N)C(c1ccc(C)o1)N1CCC(C)(C(=O)NC)C1. The minimum absolute atomic E-state index is 0.00240. The first-order valence-electron chi connectivity index (χ1n) is 7.69. The van der Waals surface area contributed by atoms with E-state index in [0.717, 1.165) is 30.9 Å². The van der Waals surface area contributed by atoms with E-state index in [0.29, 0.717) is 6.54 Å². The zero-order chi connectivity index (χ0) is 15.6. The second-order valence-electron chi connectivity index (χ2n) is 6.33. The summed E-state index contributed by atoms with van der Waals surface area (Å²) in [4.78, 5) is 14.4. The van der Waals surface area contributed by atoms with Crippen LogP contribution in [0.15, 0.2) is 16.5 Å². The smallest absolute Gasteiger partial charge is 0.227 e. The van der Waals surface area contributed by atoms with Gasteiger partial charge >= 0.3 is 0 Å². The molecule has 1 aromatic rings. The highest BCUT2D eigenvalue weighted by Gasteiger charge is 2.43. The quantitative estimate of drug-likeness (QED) is 0.869. The Bertz CT molecular complexity index is 499. The average molecular weight is 293 g/mol. The summed E-state index contributed by atoms with van der Waals surface area (Å²) < 4.78 is 5.81. The lowest BCUT2D eigenvalue weighted by atomic mass is 9.88. The Kier molecular flexibility index (Phi) is 4.74. The predicted octanol–water partition coefficient (Wildman–Crippen LogP) is 1.82. The molecule has 5 heteroatoms. The summed E-state index contributed by atoms with van der Waals surface area (Å²) in [5.74, 6) is 1.90. The second kappa shape index (κ2) is 6.20. The summed E-state index contributed by atoms with van der Waals surface area (Å²) >= 11 is 0. The molecule has 1 saturated heterocycles. The fourth-order valence-corrected chi connectivity index (χ4v) is 3.22. The van der Waals surface area contributed by atoms with Crippen molar-refractivity contribution in [2.75, 3.05) is 20.1 Å². The molecule has 1 aliphatic rings. The summed E-state index contributed by atoms with van der Waals surface area (Å²) in [7, 11) is 1.70. The van der Waals surface area contributed by atoms with Crippen molar-refractivity contribution in [2.45, 2.75) is 45.7 Å². The fourth-order valence-electron chi connectivity index (χ4n) is 3.22. The summed E-state index contributed by atoms with van der Waals surface area (Å²) in [5.41, 5.74) is 5.99. The zero-order valence-corrected chi connectivity index (χ0v) is 13.5. The van der Waals surface area contributed by atoms with Crippen LogP contribution in [0.2, 0.25) is 0 Å². The molecular formula is C16H27N3O2. The van der Waals surface area contributed by atoms with Crippen LogP contribution in [0.5, 0.6) is 0 Å². The minimum atomic E-state index is -0.345. The highest BCUT2D eigenvalue weighted by molar-refractivity contribution is 5.82. The summed E-state index contributed by atoms with van der Waals surface area (Å²) in [6.07, 6.45) is 1.72. The molecule has 1 aliphatic heterocycles. The number of amides is 1. The molecule has 0 spiro atoms. The molecule has 1 aromatic heterocycles. The van der Waals surface area contributed by atoms with Gasteiger partial charge in [0.05, 0.1) is 11.5 Å². The standard InChI is InChI=1S/C16H27N3O2/c1-5-12(17)14(13-7-6-11(2)21-13)19-9-8-16(3,10-19)15(20)18-4/h6-7,12,14H,5,8-10,17H2,1-4H3,(H,18,20). The molecule has 0 radical (unpaired) electrons. The lowest BCUT2D eigenvalue weighted by Crippen LogP contribution is -2.43. The number of nitrogens with zero attached hydrogens (tertiary/aromatic N) is 1. The van der Waals surface area contributed by atoms with Crippen LogP contribution >= 0.6 is 0 Å². The molecule has 1 fully saturated rings. The molecule has 2 heterocycles. The lowest BCUT2D eigenvalue weighted by molar-refractivity contribution is -0.129. The lowest BCUT2D eigenvalue weighted by Gasteiger charge is -2.32. The van der Waals surface area contributed by atoms with Gasteiger partial charge in [-0.1, -0.05) is 6.92 Å². The van der Waals surface area contributed by atoms with Gasteiger partial charge in [0, 0.05) is 26.2 Å². The highest BCUT2D eigenvalue weighted by Crippen LogP contribution is 2.37. The number of likely N-dealkylation sites (tertiary alicyclic amines) is 1. The van der Waals surface area contributed by atoms with Crippen LogP contribution in [0.3, 0.4) is 0 Å². The number of hydrogen-bond donors (Lipinski definition) is 2. The van der Waals surface area contributed by atoms with E-state index in [-0.39, 0.29) is 23.4 Å². The van der Waals surface area contributed by atoms with Crippen LogP contribution in [0.25, 0.3) is 0 Å². The van der Waals surface area contributed by atoms with E-state index < -0.39 is 0 Å². The highest BCUT2D eigenvalue weighted by atomic mass is 16.3. The van der Waals surface area contributed by atoms with Crippen LogP contribution < -0.4 is 11.1 Å². The molecule has 0 bridgehead atoms. The Morgan fingerprint density at radius 2 is 2.29 bits per heavy atom. The topological polar surface area (TPSA) is 71.5 Å². The molecule has 118 valence electrons. The number of aryl methyl sites for hydroxylation is 1. The van der Waals surface area contributed by atoms with E-state index in [9.17, 15) is 4.79 Å². The summed E-state index contributed by atoms with van der Waals surface area (Å²) in [6, 6.07) is 4.02. The van der Waals surface area contributed by atoms with Crippen molar-refractivity contribution in [1.82, 2.24) is 10.2 Å². The van der Waals surface area contributed by atoms with Crippen molar-refractivity contribution >= 4 is 5.91 Å². The van der Waals surface area contributed by atoms with Gasteiger partial charge in [0.1, 0.15) is 11.5 Å².